The fourth-order valence-corrected chi connectivity index (χ4v) is 1.15. The summed E-state index contributed by atoms with van der Waals surface area (Å²) in [5.74, 6) is 0. The molecule has 2 atom stereocenters. The Morgan fingerprint density at radius 2 is 2.33 bits per heavy atom. The van der Waals surface area contributed by atoms with Gasteiger partial charge in [0.25, 0.3) is 0 Å². The molecule has 0 amide bonds. The molecule has 12 heavy (non-hydrogen) atoms. The predicted molar refractivity (Wildman–Crippen MR) is 47.8 cm³/mol. The van der Waals surface area contributed by atoms with E-state index in [1.165, 1.54) is 0 Å². The van der Waals surface area contributed by atoms with E-state index in [9.17, 15) is 0 Å². The summed E-state index contributed by atoms with van der Waals surface area (Å²) < 4.78 is 5.35. The van der Waals surface area contributed by atoms with Crippen molar-refractivity contribution in [2.45, 2.75) is 25.0 Å². The van der Waals surface area contributed by atoms with E-state index in [4.69, 9.17) is 15.7 Å². The highest BCUT2D eigenvalue weighted by molar-refractivity contribution is 5.85. The first-order valence-corrected chi connectivity index (χ1v) is 3.82. The number of nitrogens with two attached hydrogens (primary N) is 1. The van der Waals surface area contributed by atoms with Gasteiger partial charge in [0.2, 0.25) is 0 Å². The van der Waals surface area contributed by atoms with E-state index >= 15 is 0 Å². The number of ether oxygens (including phenoxy) is 1. The van der Waals surface area contributed by atoms with Crippen LogP contribution in [0, 0.1) is 11.5 Å². The van der Waals surface area contributed by atoms with Crippen LogP contribution in [-0.2, 0) is 4.74 Å². The van der Waals surface area contributed by atoms with Crippen LogP contribution < -0.4 is 11.1 Å². The van der Waals surface area contributed by atoms with E-state index in [0.717, 1.165) is 12.8 Å². The zero-order valence-corrected chi connectivity index (χ0v) is 7.64. The number of halogens is 1. The number of nitrogens with one attached hydrogen (secondary N) is 1. The number of hydrogen-bond donors (Lipinski definition) is 2. The van der Waals surface area contributed by atoms with Crippen molar-refractivity contribution in [2.24, 2.45) is 5.73 Å². The van der Waals surface area contributed by atoms with Gasteiger partial charge in [-0.3, -0.25) is 0 Å². The molecule has 1 rings (SSSR count). The normalized spacial score (nSPS) is 28.3. The Hall–Kier alpha value is -0.500. The van der Waals surface area contributed by atoms with Gasteiger partial charge in [-0.2, -0.15) is 5.26 Å². The molecule has 1 aliphatic heterocycles. The van der Waals surface area contributed by atoms with Crippen LogP contribution in [0.15, 0.2) is 0 Å². The average Bonchev–Trinajstić information content (AvgIpc) is 2.04. The number of nitrogens with zero attached hydrogens (tertiary/aromatic N) is 1. The number of nitriles is 1. The Morgan fingerprint density at radius 1 is 1.58 bits per heavy atom. The van der Waals surface area contributed by atoms with Crippen LogP contribution in [0.4, 0.5) is 0 Å². The Balaban J connectivity index is 0.00000121. The van der Waals surface area contributed by atoms with Gasteiger partial charge >= 0.3 is 0 Å². The fourth-order valence-electron chi connectivity index (χ4n) is 1.15. The quantitative estimate of drug-likeness (QED) is 0.476. The van der Waals surface area contributed by atoms with Crippen LogP contribution in [-0.4, -0.2) is 25.3 Å². The van der Waals surface area contributed by atoms with Crippen molar-refractivity contribution in [3.63, 3.8) is 0 Å². The van der Waals surface area contributed by atoms with Gasteiger partial charge in [0, 0.05) is 6.04 Å². The standard InChI is InChI=1S/C7H13N3O.ClH/c8-5-10-3-7-2-1-6(9)4-11-7;/h6-7,10H,1-4,9H2;1H/t6-,7+;/m1./s1. The molecule has 0 aromatic rings. The summed E-state index contributed by atoms with van der Waals surface area (Å²) in [6.45, 7) is 1.24. The second-order valence-corrected chi connectivity index (χ2v) is 2.79. The van der Waals surface area contributed by atoms with Crippen molar-refractivity contribution in [1.29, 1.82) is 5.26 Å². The van der Waals surface area contributed by atoms with E-state index in [1.807, 2.05) is 6.19 Å². The summed E-state index contributed by atoms with van der Waals surface area (Å²) >= 11 is 0. The Kier molecular flexibility index (Phi) is 5.81. The second-order valence-electron chi connectivity index (χ2n) is 2.79. The van der Waals surface area contributed by atoms with Gasteiger partial charge in [0.15, 0.2) is 6.19 Å². The van der Waals surface area contributed by atoms with E-state index in [2.05, 4.69) is 5.32 Å². The van der Waals surface area contributed by atoms with Crippen molar-refractivity contribution in [3.05, 3.63) is 0 Å². The van der Waals surface area contributed by atoms with Crippen LogP contribution in [0.5, 0.6) is 0 Å². The van der Waals surface area contributed by atoms with Crippen molar-refractivity contribution < 1.29 is 4.74 Å². The molecule has 0 aromatic carbocycles. The minimum atomic E-state index is 0. The molecule has 1 saturated heterocycles. The first-order chi connectivity index (χ1) is 5.33. The summed E-state index contributed by atoms with van der Waals surface area (Å²) in [4.78, 5) is 0. The highest BCUT2D eigenvalue weighted by Crippen LogP contribution is 2.10. The molecule has 0 radical (unpaired) electrons. The van der Waals surface area contributed by atoms with Crippen molar-refractivity contribution >= 4 is 12.4 Å². The smallest absolute Gasteiger partial charge is 0.176 e. The lowest BCUT2D eigenvalue weighted by molar-refractivity contribution is 0.00838. The van der Waals surface area contributed by atoms with Gasteiger partial charge in [0.05, 0.1) is 19.3 Å². The molecule has 70 valence electrons. The monoisotopic (exact) mass is 191 g/mol. The largest absolute Gasteiger partial charge is 0.375 e. The lowest BCUT2D eigenvalue weighted by Gasteiger charge is -2.25. The third kappa shape index (κ3) is 3.77. The summed E-state index contributed by atoms with van der Waals surface area (Å²) in [6.07, 6.45) is 3.99. The van der Waals surface area contributed by atoms with Crippen molar-refractivity contribution in [1.82, 2.24) is 5.32 Å². The molecular formula is C7H14ClN3O. The first kappa shape index (κ1) is 11.5. The highest BCUT2D eigenvalue weighted by Gasteiger charge is 2.17. The first-order valence-electron chi connectivity index (χ1n) is 3.82. The molecule has 5 heteroatoms. The van der Waals surface area contributed by atoms with Crippen LogP contribution in [0.3, 0.4) is 0 Å². The lowest BCUT2D eigenvalue weighted by atomic mass is 10.1. The van der Waals surface area contributed by atoms with Crippen LogP contribution >= 0.6 is 12.4 Å². The minimum Gasteiger partial charge on any atom is -0.375 e. The molecule has 0 aliphatic carbocycles. The van der Waals surface area contributed by atoms with Gasteiger partial charge in [0.1, 0.15) is 0 Å². The Morgan fingerprint density at radius 3 is 2.83 bits per heavy atom. The Labute approximate surface area is 78.5 Å². The molecule has 0 spiro atoms. The highest BCUT2D eigenvalue weighted by atomic mass is 35.5. The maximum absolute atomic E-state index is 8.21. The van der Waals surface area contributed by atoms with Gasteiger partial charge in [-0.1, -0.05) is 0 Å². The molecule has 0 aromatic heterocycles. The summed E-state index contributed by atoms with van der Waals surface area (Å²) in [7, 11) is 0. The third-order valence-electron chi connectivity index (χ3n) is 1.81. The number of hydrogen-bond acceptors (Lipinski definition) is 4. The number of rotatable bonds is 2. The van der Waals surface area contributed by atoms with E-state index in [-0.39, 0.29) is 24.6 Å². The molecule has 0 saturated carbocycles. The van der Waals surface area contributed by atoms with Crippen LogP contribution in [0.25, 0.3) is 0 Å². The zero-order chi connectivity index (χ0) is 8.10. The SMILES string of the molecule is Cl.N#CNC[C@@H]1CC[C@@H](N)CO1. The molecule has 4 nitrogen and oxygen atoms in total. The van der Waals surface area contributed by atoms with E-state index < -0.39 is 0 Å². The molecule has 1 heterocycles. The maximum Gasteiger partial charge on any atom is 0.176 e. The topological polar surface area (TPSA) is 71.1 Å². The summed E-state index contributed by atoms with van der Waals surface area (Å²) in [6, 6.07) is 0.188. The average molecular weight is 192 g/mol. The van der Waals surface area contributed by atoms with Gasteiger partial charge < -0.3 is 15.8 Å². The van der Waals surface area contributed by atoms with E-state index in [1.54, 1.807) is 0 Å². The minimum absolute atomic E-state index is 0. The van der Waals surface area contributed by atoms with Crippen LogP contribution in [0.2, 0.25) is 0 Å². The summed E-state index contributed by atoms with van der Waals surface area (Å²) in [5, 5.41) is 10.8. The van der Waals surface area contributed by atoms with E-state index in [0.29, 0.717) is 13.2 Å². The molecule has 0 unspecified atom stereocenters. The fraction of sp³-hybridized carbons (Fsp3) is 0.857. The van der Waals surface area contributed by atoms with Crippen LogP contribution in [0.1, 0.15) is 12.8 Å². The second kappa shape index (κ2) is 6.06. The zero-order valence-electron chi connectivity index (χ0n) is 6.82. The van der Waals surface area contributed by atoms with Gasteiger partial charge in [-0.15, -0.1) is 12.4 Å². The van der Waals surface area contributed by atoms with Gasteiger partial charge in [-0.05, 0) is 12.8 Å². The molecule has 1 fully saturated rings. The Bertz CT molecular complexity index is 151. The predicted octanol–water partition coefficient (Wildman–Crippen LogP) is -0.0148. The molecule has 0 bridgehead atoms. The molecular weight excluding hydrogens is 178 g/mol. The molecule has 3 N–H and O–H groups in total. The maximum atomic E-state index is 8.21. The van der Waals surface area contributed by atoms with Crippen molar-refractivity contribution in [2.75, 3.05) is 13.2 Å². The molecule has 1 aliphatic rings. The third-order valence-corrected chi connectivity index (χ3v) is 1.81. The van der Waals surface area contributed by atoms with Crippen molar-refractivity contribution in [3.8, 4) is 6.19 Å². The lowest BCUT2D eigenvalue weighted by Crippen LogP contribution is -2.39. The van der Waals surface area contributed by atoms with Gasteiger partial charge in [-0.25, -0.2) is 0 Å². The summed E-state index contributed by atoms with van der Waals surface area (Å²) in [5.41, 5.74) is 5.62.